The van der Waals surface area contributed by atoms with Crippen molar-refractivity contribution in [1.29, 1.82) is 0 Å². The van der Waals surface area contributed by atoms with E-state index in [4.69, 9.17) is 4.42 Å². The van der Waals surface area contributed by atoms with E-state index in [1.165, 1.54) is 19.2 Å². The highest BCUT2D eigenvalue weighted by atomic mass is 16.3. The number of aromatic nitrogens is 1. The Kier molecular flexibility index (Phi) is 6.98. The first-order valence-corrected chi connectivity index (χ1v) is 9.47. The van der Waals surface area contributed by atoms with Gasteiger partial charge in [0, 0.05) is 11.6 Å². The standard InChI is InChI=1S/C20H26N4O3/c25-19(15-6-2-1-3-7-15)24-18(8-4-5-11-22-16-9-10-16)20(26)23-13-17-12-21-14-27-17/h1-3,6-7,12,14,16,18,22H,4-5,8-11,13H2,(H,23,26)(H,24,25). The average molecular weight is 370 g/mol. The lowest BCUT2D eigenvalue weighted by atomic mass is 10.1. The molecule has 0 spiro atoms. The monoisotopic (exact) mass is 370 g/mol. The third kappa shape index (κ3) is 6.53. The molecule has 1 aliphatic rings. The van der Waals surface area contributed by atoms with E-state index in [0.717, 1.165) is 19.4 Å². The molecule has 7 heteroatoms. The van der Waals surface area contributed by atoms with Crippen LogP contribution in [0.3, 0.4) is 0 Å². The Morgan fingerprint density at radius 3 is 2.70 bits per heavy atom. The Labute approximate surface area is 158 Å². The van der Waals surface area contributed by atoms with Crippen molar-refractivity contribution >= 4 is 11.8 Å². The van der Waals surface area contributed by atoms with Crippen LogP contribution < -0.4 is 16.0 Å². The first-order valence-electron chi connectivity index (χ1n) is 9.47. The van der Waals surface area contributed by atoms with Crippen molar-refractivity contribution in [2.45, 2.75) is 50.7 Å². The molecule has 3 N–H and O–H groups in total. The maximum atomic E-state index is 12.6. The predicted molar refractivity (Wildman–Crippen MR) is 101 cm³/mol. The Morgan fingerprint density at radius 2 is 2.00 bits per heavy atom. The normalized spacial score (nSPS) is 14.5. The summed E-state index contributed by atoms with van der Waals surface area (Å²) in [6, 6.07) is 9.03. The molecule has 0 saturated heterocycles. The van der Waals surface area contributed by atoms with Crippen molar-refractivity contribution in [3.05, 3.63) is 54.2 Å². The highest BCUT2D eigenvalue weighted by molar-refractivity contribution is 5.97. The van der Waals surface area contributed by atoms with Crippen LogP contribution in [0, 0.1) is 0 Å². The number of oxazole rings is 1. The second-order valence-corrected chi connectivity index (χ2v) is 6.80. The minimum atomic E-state index is -0.582. The lowest BCUT2D eigenvalue weighted by molar-refractivity contribution is -0.123. The van der Waals surface area contributed by atoms with E-state index in [1.807, 2.05) is 6.07 Å². The van der Waals surface area contributed by atoms with E-state index in [1.54, 1.807) is 30.5 Å². The number of unbranched alkanes of at least 4 members (excludes halogenated alkanes) is 1. The topological polar surface area (TPSA) is 96.3 Å². The third-order valence-electron chi connectivity index (χ3n) is 4.51. The van der Waals surface area contributed by atoms with Gasteiger partial charge in [-0.05, 0) is 50.8 Å². The molecule has 1 fully saturated rings. The second kappa shape index (κ2) is 9.87. The molecule has 3 rings (SSSR count). The first kappa shape index (κ1) is 19.1. The van der Waals surface area contributed by atoms with Gasteiger partial charge in [0.15, 0.2) is 6.39 Å². The minimum Gasteiger partial charge on any atom is -0.447 e. The van der Waals surface area contributed by atoms with Gasteiger partial charge in [-0.2, -0.15) is 0 Å². The van der Waals surface area contributed by atoms with Gasteiger partial charge in [-0.25, -0.2) is 4.98 Å². The van der Waals surface area contributed by atoms with Gasteiger partial charge in [0.2, 0.25) is 5.91 Å². The number of benzene rings is 1. The molecular formula is C20H26N4O3. The van der Waals surface area contributed by atoms with Crippen molar-refractivity contribution < 1.29 is 14.0 Å². The molecule has 1 heterocycles. The zero-order chi connectivity index (χ0) is 18.9. The molecule has 1 atom stereocenters. The van der Waals surface area contributed by atoms with Crippen LogP contribution in [-0.4, -0.2) is 35.4 Å². The fourth-order valence-electron chi connectivity index (χ4n) is 2.79. The van der Waals surface area contributed by atoms with E-state index in [0.29, 0.717) is 23.8 Å². The van der Waals surface area contributed by atoms with Gasteiger partial charge >= 0.3 is 0 Å². The van der Waals surface area contributed by atoms with E-state index >= 15 is 0 Å². The van der Waals surface area contributed by atoms with Gasteiger partial charge < -0.3 is 20.4 Å². The van der Waals surface area contributed by atoms with Gasteiger partial charge in [0.1, 0.15) is 11.8 Å². The molecule has 7 nitrogen and oxygen atoms in total. The molecule has 2 aromatic rings. The minimum absolute atomic E-state index is 0.217. The second-order valence-electron chi connectivity index (χ2n) is 6.80. The van der Waals surface area contributed by atoms with Crippen molar-refractivity contribution in [1.82, 2.24) is 20.9 Å². The Balaban J connectivity index is 1.51. The van der Waals surface area contributed by atoms with Crippen molar-refractivity contribution in [2.75, 3.05) is 6.54 Å². The van der Waals surface area contributed by atoms with Gasteiger partial charge in [0.05, 0.1) is 12.7 Å². The van der Waals surface area contributed by atoms with Gasteiger partial charge in [-0.1, -0.05) is 18.2 Å². The number of carbonyl (C=O) groups is 2. The summed E-state index contributed by atoms with van der Waals surface area (Å²) in [4.78, 5) is 28.9. The summed E-state index contributed by atoms with van der Waals surface area (Å²) in [5.74, 6) is 0.113. The maximum absolute atomic E-state index is 12.6. The third-order valence-corrected chi connectivity index (χ3v) is 4.51. The molecular weight excluding hydrogens is 344 g/mol. The van der Waals surface area contributed by atoms with Crippen LogP contribution in [-0.2, 0) is 11.3 Å². The molecule has 1 aliphatic carbocycles. The lowest BCUT2D eigenvalue weighted by Gasteiger charge is -2.18. The fraction of sp³-hybridized carbons (Fsp3) is 0.450. The van der Waals surface area contributed by atoms with Crippen LogP contribution in [0.15, 0.2) is 47.3 Å². The number of nitrogens with one attached hydrogen (secondary N) is 3. The molecule has 144 valence electrons. The molecule has 27 heavy (non-hydrogen) atoms. The summed E-state index contributed by atoms with van der Waals surface area (Å²) in [5.41, 5.74) is 0.543. The predicted octanol–water partition coefficient (Wildman–Crippen LogP) is 2.01. The summed E-state index contributed by atoms with van der Waals surface area (Å²) in [5, 5.41) is 9.13. The van der Waals surface area contributed by atoms with Crippen LogP contribution in [0.4, 0.5) is 0 Å². The molecule has 2 amide bonds. The van der Waals surface area contributed by atoms with Gasteiger partial charge in [-0.15, -0.1) is 0 Å². The van der Waals surface area contributed by atoms with Crippen molar-refractivity contribution in [3.8, 4) is 0 Å². The summed E-state index contributed by atoms with van der Waals surface area (Å²) < 4.78 is 5.13. The van der Waals surface area contributed by atoms with Crippen LogP contribution in [0.2, 0.25) is 0 Å². The fourth-order valence-corrected chi connectivity index (χ4v) is 2.79. The van der Waals surface area contributed by atoms with Crippen molar-refractivity contribution in [2.24, 2.45) is 0 Å². The van der Waals surface area contributed by atoms with Crippen LogP contribution in [0.1, 0.15) is 48.2 Å². The van der Waals surface area contributed by atoms with E-state index in [-0.39, 0.29) is 18.4 Å². The number of carbonyl (C=O) groups excluding carboxylic acids is 2. The molecule has 1 saturated carbocycles. The SMILES string of the molecule is O=C(NC(CCCCNC1CC1)C(=O)NCc1cnco1)c1ccccc1. The molecule has 0 radical (unpaired) electrons. The molecule has 1 aromatic heterocycles. The smallest absolute Gasteiger partial charge is 0.251 e. The van der Waals surface area contributed by atoms with Crippen LogP contribution in [0.5, 0.6) is 0 Å². The first-order chi connectivity index (χ1) is 13.2. The molecule has 1 unspecified atom stereocenters. The highest BCUT2D eigenvalue weighted by Crippen LogP contribution is 2.18. The molecule has 0 bridgehead atoms. The quantitative estimate of drug-likeness (QED) is 0.526. The van der Waals surface area contributed by atoms with E-state index in [2.05, 4.69) is 20.9 Å². The van der Waals surface area contributed by atoms with E-state index < -0.39 is 6.04 Å². The Morgan fingerprint density at radius 1 is 1.19 bits per heavy atom. The lowest BCUT2D eigenvalue weighted by Crippen LogP contribution is -2.46. The summed E-state index contributed by atoms with van der Waals surface area (Å²) in [7, 11) is 0. The number of hydrogen-bond acceptors (Lipinski definition) is 5. The van der Waals surface area contributed by atoms with Gasteiger partial charge in [0.25, 0.3) is 5.91 Å². The maximum Gasteiger partial charge on any atom is 0.251 e. The Bertz CT molecular complexity index is 714. The average Bonchev–Trinajstić information content (AvgIpc) is 3.37. The highest BCUT2D eigenvalue weighted by Gasteiger charge is 2.22. The van der Waals surface area contributed by atoms with E-state index in [9.17, 15) is 9.59 Å². The number of nitrogens with zero attached hydrogens (tertiary/aromatic N) is 1. The molecule has 1 aromatic carbocycles. The summed E-state index contributed by atoms with van der Waals surface area (Å²) >= 11 is 0. The Hall–Kier alpha value is -2.67. The zero-order valence-electron chi connectivity index (χ0n) is 15.3. The van der Waals surface area contributed by atoms with Crippen molar-refractivity contribution in [3.63, 3.8) is 0 Å². The number of hydrogen-bond donors (Lipinski definition) is 3. The molecule has 0 aliphatic heterocycles. The number of amides is 2. The largest absolute Gasteiger partial charge is 0.447 e. The summed E-state index contributed by atoms with van der Waals surface area (Å²) in [6.45, 7) is 1.20. The number of rotatable bonds is 11. The van der Waals surface area contributed by atoms with Crippen LogP contribution in [0.25, 0.3) is 0 Å². The summed E-state index contributed by atoms with van der Waals surface area (Å²) in [6.07, 6.45) is 7.83. The van der Waals surface area contributed by atoms with Gasteiger partial charge in [-0.3, -0.25) is 9.59 Å². The zero-order valence-corrected chi connectivity index (χ0v) is 15.3. The van der Waals surface area contributed by atoms with Crippen LogP contribution >= 0.6 is 0 Å².